The maximum Gasteiger partial charge on any atom is 0.130 e. The molecule has 0 saturated carbocycles. The van der Waals surface area contributed by atoms with Crippen molar-refractivity contribution in [3.8, 4) is 16.9 Å². The molecule has 3 N–H and O–H groups in total. The van der Waals surface area contributed by atoms with Crippen LogP contribution < -0.4 is 15.4 Å². The quantitative estimate of drug-likeness (QED) is 0.276. The average molecular weight is 467 g/mol. The summed E-state index contributed by atoms with van der Waals surface area (Å²) in [5, 5.41) is 9.69. The molecule has 0 aliphatic carbocycles. The number of thiophene rings is 1. The molecule has 2 aliphatic heterocycles. The Kier molecular flexibility index (Phi) is 4.24. The number of nitrogens with one attached hydrogen (secondary N) is 3. The Morgan fingerprint density at radius 1 is 1.03 bits per heavy atom. The number of benzene rings is 3. The first-order valence-corrected chi connectivity index (χ1v) is 12.8. The molecular weight excluding hydrogens is 440 g/mol. The standard InChI is InChI=1S/C28H26N4OS/c1-4-24-29-21-13-33-22-11-15(6-8-19(22)25(21)31-24)16-5-7-17-18-9-10-20-26(27(18)34-23(17)12-16)32-28(30-20)14(2)3/h5-12,14,24,29,31H,4,13H2,1-3H3,(H,30,32). The van der Waals surface area contributed by atoms with Gasteiger partial charge in [0.2, 0.25) is 0 Å². The summed E-state index contributed by atoms with van der Waals surface area (Å²) in [6.45, 7) is 7.11. The van der Waals surface area contributed by atoms with Crippen molar-refractivity contribution >= 4 is 48.2 Å². The summed E-state index contributed by atoms with van der Waals surface area (Å²) in [5.41, 5.74) is 8.05. The van der Waals surface area contributed by atoms with Crippen LogP contribution in [0.15, 0.2) is 54.2 Å². The molecule has 0 amide bonds. The lowest BCUT2D eigenvalue weighted by molar-refractivity contribution is 0.336. The van der Waals surface area contributed by atoms with E-state index in [1.54, 1.807) is 0 Å². The number of imidazole rings is 1. The van der Waals surface area contributed by atoms with E-state index in [0.29, 0.717) is 12.5 Å². The summed E-state index contributed by atoms with van der Waals surface area (Å²) in [6, 6.07) is 17.7. The summed E-state index contributed by atoms with van der Waals surface area (Å²) in [4.78, 5) is 8.41. The Morgan fingerprint density at radius 3 is 2.71 bits per heavy atom. The number of fused-ring (bicyclic) bond motifs is 7. The van der Waals surface area contributed by atoms with Crippen LogP contribution in [0.4, 0.5) is 0 Å². The Balaban J connectivity index is 1.31. The number of hydrogen-bond donors (Lipinski definition) is 3. The Labute approximate surface area is 201 Å². The molecule has 7 rings (SSSR count). The molecule has 0 saturated heterocycles. The summed E-state index contributed by atoms with van der Waals surface area (Å²) in [7, 11) is 0. The zero-order chi connectivity index (χ0) is 23.0. The second kappa shape index (κ2) is 7.24. The maximum absolute atomic E-state index is 6.13. The van der Waals surface area contributed by atoms with E-state index in [1.807, 2.05) is 11.3 Å². The van der Waals surface area contributed by atoms with Gasteiger partial charge in [-0.1, -0.05) is 45.0 Å². The first-order chi connectivity index (χ1) is 16.6. The lowest BCUT2D eigenvalue weighted by atomic mass is 9.99. The van der Waals surface area contributed by atoms with Gasteiger partial charge in [-0.25, -0.2) is 4.98 Å². The van der Waals surface area contributed by atoms with E-state index >= 15 is 0 Å². The number of hydrogen-bond acceptors (Lipinski definition) is 5. The predicted octanol–water partition coefficient (Wildman–Crippen LogP) is 6.71. The van der Waals surface area contributed by atoms with Crippen molar-refractivity contribution in [3.05, 3.63) is 65.6 Å². The molecule has 0 fully saturated rings. The Bertz CT molecular complexity index is 1640. The molecule has 2 aliphatic rings. The number of aromatic amines is 1. The van der Waals surface area contributed by atoms with E-state index in [2.05, 4.69) is 84.9 Å². The van der Waals surface area contributed by atoms with Crippen molar-refractivity contribution in [2.45, 2.75) is 39.3 Å². The van der Waals surface area contributed by atoms with Crippen molar-refractivity contribution in [1.82, 2.24) is 20.6 Å². The molecule has 4 heterocycles. The molecular formula is C28H26N4OS. The largest absolute Gasteiger partial charge is 0.487 e. The van der Waals surface area contributed by atoms with Gasteiger partial charge in [-0.2, -0.15) is 0 Å². The van der Waals surface area contributed by atoms with E-state index in [1.165, 1.54) is 37.0 Å². The first kappa shape index (κ1) is 19.9. The minimum absolute atomic E-state index is 0.284. The van der Waals surface area contributed by atoms with Crippen LogP contribution in [0.2, 0.25) is 0 Å². The zero-order valence-electron chi connectivity index (χ0n) is 19.5. The highest BCUT2D eigenvalue weighted by Crippen LogP contribution is 2.41. The lowest BCUT2D eigenvalue weighted by Gasteiger charge is -2.20. The number of H-pyrrole nitrogens is 1. The van der Waals surface area contributed by atoms with E-state index < -0.39 is 0 Å². The number of rotatable bonds is 3. The molecule has 170 valence electrons. The van der Waals surface area contributed by atoms with Gasteiger partial charge in [0.1, 0.15) is 23.7 Å². The van der Waals surface area contributed by atoms with Crippen LogP contribution in [0.25, 0.3) is 48.0 Å². The molecule has 0 spiro atoms. The van der Waals surface area contributed by atoms with Gasteiger partial charge in [0.15, 0.2) is 0 Å². The van der Waals surface area contributed by atoms with Crippen LogP contribution in [0, 0.1) is 0 Å². The highest BCUT2D eigenvalue weighted by molar-refractivity contribution is 7.26. The van der Waals surface area contributed by atoms with Gasteiger partial charge in [-0.05, 0) is 41.8 Å². The van der Waals surface area contributed by atoms with Crippen LogP contribution in [0.5, 0.6) is 5.75 Å². The monoisotopic (exact) mass is 466 g/mol. The molecule has 0 radical (unpaired) electrons. The Hall–Kier alpha value is -3.51. The van der Waals surface area contributed by atoms with E-state index in [4.69, 9.17) is 9.72 Å². The molecule has 34 heavy (non-hydrogen) atoms. The third kappa shape index (κ3) is 2.88. The van der Waals surface area contributed by atoms with Crippen LogP contribution in [0.3, 0.4) is 0 Å². The fraction of sp³-hybridized carbons (Fsp3) is 0.250. The molecule has 3 aromatic carbocycles. The van der Waals surface area contributed by atoms with E-state index in [-0.39, 0.29) is 6.17 Å². The smallest absolute Gasteiger partial charge is 0.130 e. The van der Waals surface area contributed by atoms with Gasteiger partial charge in [0.05, 0.1) is 27.8 Å². The lowest BCUT2D eigenvalue weighted by Crippen LogP contribution is -2.32. The SMILES string of the molecule is CCC1NC2=C(N1)c1ccc(-c3ccc4c(c3)sc3c4ccc4[nH]c(C(C)C)nc43)cc1OC2. The van der Waals surface area contributed by atoms with Crippen molar-refractivity contribution < 1.29 is 4.74 Å². The first-order valence-electron chi connectivity index (χ1n) is 12.0. The van der Waals surface area contributed by atoms with Crippen LogP contribution in [-0.2, 0) is 0 Å². The third-order valence-electron chi connectivity index (χ3n) is 6.99. The summed E-state index contributed by atoms with van der Waals surface area (Å²) in [5.74, 6) is 2.37. The van der Waals surface area contributed by atoms with Gasteiger partial charge in [-0.3, -0.25) is 0 Å². The van der Waals surface area contributed by atoms with Crippen LogP contribution >= 0.6 is 11.3 Å². The number of ether oxygens (including phenoxy) is 1. The van der Waals surface area contributed by atoms with Gasteiger partial charge in [0, 0.05) is 27.0 Å². The zero-order valence-corrected chi connectivity index (χ0v) is 20.3. The van der Waals surface area contributed by atoms with Gasteiger partial charge in [0.25, 0.3) is 0 Å². The fourth-order valence-corrected chi connectivity index (χ4v) is 6.33. The predicted molar refractivity (Wildman–Crippen MR) is 141 cm³/mol. The molecule has 2 aromatic heterocycles. The van der Waals surface area contributed by atoms with Crippen molar-refractivity contribution in [2.75, 3.05) is 6.61 Å². The van der Waals surface area contributed by atoms with E-state index in [0.717, 1.165) is 40.3 Å². The highest BCUT2D eigenvalue weighted by Gasteiger charge is 2.28. The van der Waals surface area contributed by atoms with Crippen LogP contribution in [0.1, 0.15) is 44.5 Å². The van der Waals surface area contributed by atoms with Gasteiger partial charge < -0.3 is 20.4 Å². The molecule has 1 atom stereocenters. The van der Waals surface area contributed by atoms with Crippen molar-refractivity contribution in [1.29, 1.82) is 0 Å². The second-order valence-corrected chi connectivity index (χ2v) is 10.6. The second-order valence-electron chi connectivity index (χ2n) is 9.53. The number of aromatic nitrogens is 2. The highest BCUT2D eigenvalue weighted by atomic mass is 32.1. The minimum atomic E-state index is 0.284. The maximum atomic E-state index is 6.13. The molecule has 0 bridgehead atoms. The topological polar surface area (TPSA) is 62.0 Å². The average Bonchev–Trinajstić information content (AvgIpc) is 3.57. The Morgan fingerprint density at radius 2 is 1.85 bits per heavy atom. The van der Waals surface area contributed by atoms with Crippen LogP contribution in [-0.4, -0.2) is 22.7 Å². The number of nitrogens with zero attached hydrogens (tertiary/aromatic N) is 1. The van der Waals surface area contributed by atoms with E-state index in [9.17, 15) is 0 Å². The summed E-state index contributed by atoms with van der Waals surface area (Å²) in [6.07, 6.45) is 1.31. The summed E-state index contributed by atoms with van der Waals surface area (Å²) < 4.78 is 8.67. The normalized spacial score (nSPS) is 17.2. The molecule has 5 aromatic rings. The minimum Gasteiger partial charge on any atom is -0.487 e. The molecule has 1 unspecified atom stereocenters. The van der Waals surface area contributed by atoms with Gasteiger partial charge in [-0.15, -0.1) is 11.3 Å². The third-order valence-corrected chi connectivity index (χ3v) is 8.17. The van der Waals surface area contributed by atoms with Gasteiger partial charge >= 0.3 is 0 Å². The fourth-order valence-electron chi connectivity index (χ4n) is 5.09. The molecule has 5 nitrogen and oxygen atoms in total. The van der Waals surface area contributed by atoms with Crippen molar-refractivity contribution in [2.24, 2.45) is 0 Å². The van der Waals surface area contributed by atoms with Crippen molar-refractivity contribution in [3.63, 3.8) is 0 Å². The molecule has 6 heteroatoms. The summed E-state index contributed by atoms with van der Waals surface area (Å²) >= 11 is 1.83.